The van der Waals surface area contributed by atoms with Crippen LogP contribution in [0.4, 0.5) is 0 Å². The van der Waals surface area contributed by atoms with Gasteiger partial charge in [0, 0.05) is 17.4 Å². The Hall–Kier alpha value is -0.980. The van der Waals surface area contributed by atoms with Crippen molar-refractivity contribution in [1.29, 1.82) is 0 Å². The summed E-state index contributed by atoms with van der Waals surface area (Å²) in [5.74, 6) is 6.62. The van der Waals surface area contributed by atoms with Crippen LogP contribution in [0.3, 0.4) is 0 Å². The first-order chi connectivity index (χ1) is 7.27. The summed E-state index contributed by atoms with van der Waals surface area (Å²) >= 11 is 3.43. The first-order valence-electron chi connectivity index (χ1n) is 4.79. The molecule has 3 heteroatoms. The van der Waals surface area contributed by atoms with Gasteiger partial charge < -0.3 is 10.5 Å². The lowest BCUT2D eigenvalue weighted by Crippen LogP contribution is -2.00. The largest absolute Gasteiger partial charge is 0.493 e. The van der Waals surface area contributed by atoms with Crippen LogP contribution in [0, 0.1) is 11.8 Å². The van der Waals surface area contributed by atoms with Crippen molar-refractivity contribution in [2.75, 3.05) is 6.61 Å². The lowest BCUT2D eigenvalue weighted by atomic mass is 10.2. The van der Waals surface area contributed by atoms with E-state index in [4.69, 9.17) is 10.5 Å². The molecule has 0 amide bonds. The third-order valence-corrected chi connectivity index (χ3v) is 2.68. The minimum absolute atomic E-state index is 0.506. The fourth-order valence-corrected chi connectivity index (χ4v) is 1.55. The van der Waals surface area contributed by atoms with E-state index in [1.165, 1.54) is 0 Å². The van der Waals surface area contributed by atoms with Crippen LogP contribution < -0.4 is 10.5 Å². The summed E-state index contributed by atoms with van der Waals surface area (Å²) in [5.41, 5.74) is 6.64. The van der Waals surface area contributed by atoms with Gasteiger partial charge in [0.25, 0.3) is 0 Å². The highest BCUT2D eigenvalue weighted by molar-refractivity contribution is 9.10. The molecule has 0 saturated carbocycles. The van der Waals surface area contributed by atoms with Crippen LogP contribution in [0.2, 0.25) is 0 Å². The van der Waals surface area contributed by atoms with Gasteiger partial charge in [0.1, 0.15) is 5.75 Å². The predicted molar refractivity (Wildman–Crippen MR) is 65.6 cm³/mol. The van der Waals surface area contributed by atoms with Gasteiger partial charge in [0.2, 0.25) is 0 Å². The number of rotatable bonds is 4. The molecule has 0 radical (unpaired) electrons. The van der Waals surface area contributed by atoms with E-state index in [0.29, 0.717) is 13.2 Å². The Balaban J connectivity index is 2.57. The van der Waals surface area contributed by atoms with Gasteiger partial charge in [-0.2, -0.15) is 0 Å². The van der Waals surface area contributed by atoms with Gasteiger partial charge >= 0.3 is 0 Å². The van der Waals surface area contributed by atoms with E-state index < -0.39 is 0 Å². The molecule has 0 unspecified atom stereocenters. The first-order valence-corrected chi connectivity index (χ1v) is 5.58. The van der Waals surface area contributed by atoms with Crippen LogP contribution in [-0.4, -0.2) is 6.61 Å². The Bertz CT molecular complexity index is 379. The second kappa shape index (κ2) is 6.49. The summed E-state index contributed by atoms with van der Waals surface area (Å²) in [5, 5.41) is 0. The van der Waals surface area contributed by atoms with Crippen LogP contribution in [0.25, 0.3) is 0 Å². The number of benzene rings is 1. The maximum absolute atomic E-state index is 5.59. The molecule has 2 nitrogen and oxygen atoms in total. The summed E-state index contributed by atoms with van der Waals surface area (Å²) in [4.78, 5) is 0. The van der Waals surface area contributed by atoms with E-state index in [1.807, 2.05) is 25.1 Å². The Kier molecular flexibility index (Phi) is 5.23. The van der Waals surface area contributed by atoms with Crippen LogP contribution in [0.1, 0.15) is 18.9 Å². The zero-order chi connectivity index (χ0) is 11.1. The maximum Gasteiger partial charge on any atom is 0.119 e. The average molecular weight is 268 g/mol. The lowest BCUT2D eigenvalue weighted by Gasteiger charge is -2.07. The zero-order valence-electron chi connectivity index (χ0n) is 8.72. The molecule has 0 aromatic heterocycles. The lowest BCUT2D eigenvalue weighted by molar-refractivity contribution is 0.327. The highest BCUT2D eigenvalue weighted by Gasteiger charge is 2.00. The number of ether oxygens (including phenoxy) is 1. The standard InChI is InChI=1S/C12H14BrNO/c1-2-3-4-7-15-11-5-6-12(13)10(8-11)9-14/h5-6,8H,4,7,9,14H2,1H3. The third kappa shape index (κ3) is 3.94. The van der Waals surface area contributed by atoms with E-state index in [2.05, 4.69) is 27.8 Å². The van der Waals surface area contributed by atoms with E-state index in [-0.39, 0.29) is 0 Å². The minimum Gasteiger partial charge on any atom is -0.493 e. The summed E-state index contributed by atoms with van der Waals surface area (Å²) in [6.07, 6.45) is 0.754. The number of hydrogen-bond acceptors (Lipinski definition) is 2. The monoisotopic (exact) mass is 267 g/mol. The van der Waals surface area contributed by atoms with Crippen molar-refractivity contribution in [3.05, 3.63) is 28.2 Å². The molecule has 0 aliphatic rings. The molecule has 0 fully saturated rings. The fourth-order valence-electron chi connectivity index (χ4n) is 1.14. The maximum atomic E-state index is 5.59. The number of hydrogen-bond donors (Lipinski definition) is 1. The summed E-state index contributed by atoms with van der Waals surface area (Å²) in [6, 6.07) is 5.81. The SMILES string of the molecule is CC#CCCOc1ccc(Br)c(CN)c1. The Morgan fingerprint density at radius 2 is 2.27 bits per heavy atom. The van der Waals surface area contributed by atoms with Gasteiger partial charge in [0.05, 0.1) is 6.61 Å². The molecule has 0 saturated heterocycles. The molecule has 0 aliphatic heterocycles. The van der Waals surface area contributed by atoms with Gasteiger partial charge in [-0.3, -0.25) is 0 Å². The Labute approximate surface area is 98.9 Å². The molecule has 15 heavy (non-hydrogen) atoms. The second-order valence-corrected chi connectivity index (χ2v) is 3.84. The van der Waals surface area contributed by atoms with Crippen molar-refractivity contribution in [2.45, 2.75) is 19.9 Å². The van der Waals surface area contributed by atoms with Crippen molar-refractivity contribution in [1.82, 2.24) is 0 Å². The zero-order valence-corrected chi connectivity index (χ0v) is 10.3. The molecule has 1 aromatic rings. The normalized spacial score (nSPS) is 9.27. The number of nitrogens with two attached hydrogens (primary N) is 1. The van der Waals surface area contributed by atoms with Crippen molar-refractivity contribution < 1.29 is 4.74 Å². The highest BCUT2D eigenvalue weighted by atomic mass is 79.9. The molecular weight excluding hydrogens is 254 g/mol. The van der Waals surface area contributed by atoms with Crippen molar-refractivity contribution in [3.8, 4) is 17.6 Å². The average Bonchev–Trinajstić information content (AvgIpc) is 2.26. The van der Waals surface area contributed by atoms with Gasteiger partial charge in [-0.15, -0.1) is 11.8 Å². The molecule has 80 valence electrons. The summed E-state index contributed by atoms with van der Waals surface area (Å²) in [7, 11) is 0. The topological polar surface area (TPSA) is 35.2 Å². The smallest absolute Gasteiger partial charge is 0.119 e. The molecule has 0 spiro atoms. The van der Waals surface area contributed by atoms with Crippen molar-refractivity contribution in [2.24, 2.45) is 5.73 Å². The molecule has 0 heterocycles. The molecule has 1 aromatic carbocycles. The van der Waals surface area contributed by atoms with Gasteiger partial charge in [-0.25, -0.2) is 0 Å². The van der Waals surface area contributed by atoms with Crippen LogP contribution >= 0.6 is 15.9 Å². The number of halogens is 1. The van der Waals surface area contributed by atoms with Crippen LogP contribution in [0.15, 0.2) is 22.7 Å². The summed E-state index contributed by atoms with van der Waals surface area (Å²) < 4.78 is 6.55. The minimum atomic E-state index is 0.506. The molecule has 0 atom stereocenters. The summed E-state index contributed by atoms with van der Waals surface area (Å²) in [6.45, 7) is 2.95. The third-order valence-electron chi connectivity index (χ3n) is 1.91. The van der Waals surface area contributed by atoms with Crippen LogP contribution in [-0.2, 0) is 6.54 Å². The van der Waals surface area contributed by atoms with Crippen molar-refractivity contribution in [3.63, 3.8) is 0 Å². The Morgan fingerprint density at radius 1 is 1.47 bits per heavy atom. The molecule has 0 bridgehead atoms. The molecule has 1 rings (SSSR count). The van der Waals surface area contributed by atoms with E-state index >= 15 is 0 Å². The quantitative estimate of drug-likeness (QED) is 0.673. The first kappa shape index (κ1) is 12.1. The van der Waals surface area contributed by atoms with Gasteiger partial charge in [0.15, 0.2) is 0 Å². The highest BCUT2D eigenvalue weighted by Crippen LogP contribution is 2.22. The van der Waals surface area contributed by atoms with Gasteiger partial charge in [-0.1, -0.05) is 15.9 Å². The fraction of sp³-hybridized carbons (Fsp3) is 0.333. The predicted octanol–water partition coefficient (Wildman–Crippen LogP) is 2.70. The van der Waals surface area contributed by atoms with E-state index in [9.17, 15) is 0 Å². The van der Waals surface area contributed by atoms with E-state index in [0.717, 1.165) is 22.2 Å². The van der Waals surface area contributed by atoms with Crippen LogP contribution in [0.5, 0.6) is 5.75 Å². The Morgan fingerprint density at radius 3 is 2.93 bits per heavy atom. The second-order valence-electron chi connectivity index (χ2n) is 2.98. The van der Waals surface area contributed by atoms with Gasteiger partial charge in [-0.05, 0) is 30.7 Å². The molecule has 2 N–H and O–H groups in total. The molecule has 0 aliphatic carbocycles. The molecular formula is C12H14BrNO. The van der Waals surface area contributed by atoms with Crippen molar-refractivity contribution >= 4 is 15.9 Å². The van der Waals surface area contributed by atoms with E-state index in [1.54, 1.807) is 0 Å².